The normalized spacial score (nSPS) is 9.41. The van der Waals surface area contributed by atoms with Crippen molar-refractivity contribution in [3.05, 3.63) is 60.7 Å². The predicted octanol–water partition coefficient (Wildman–Crippen LogP) is 3.23. The van der Waals surface area contributed by atoms with Gasteiger partial charge in [-0.25, -0.2) is 9.68 Å². The molecule has 1 N–H and O–H groups in total. The molecule has 0 aromatic heterocycles. The van der Waals surface area contributed by atoms with Crippen LogP contribution in [0, 0.1) is 0 Å². The molecule has 0 saturated carbocycles. The van der Waals surface area contributed by atoms with Gasteiger partial charge in [-0.2, -0.15) is 0 Å². The van der Waals surface area contributed by atoms with Crippen molar-refractivity contribution in [2.24, 2.45) is 0 Å². The fraction of sp³-hybridized carbons (Fsp3) is 0. The number of hydrogen-bond donors (Lipinski definition) is 1. The molecule has 0 spiro atoms. The Kier molecular flexibility index (Phi) is 3.60. The third kappa shape index (κ3) is 3.53. The van der Waals surface area contributed by atoms with Crippen LogP contribution in [0.15, 0.2) is 60.7 Å². The zero-order chi connectivity index (χ0) is 11.9. The molecule has 0 bridgehead atoms. The number of amides is 1. The Hall–Kier alpha value is -2.49. The molecule has 86 valence electrons. The molecule has 0 unspecified atom stereocenters. The van der Waals surface area contributed by atoms with Crippen LogP contribution >= 0.6 is 0 Å². The van der Waals surface area contributed by atoms with Gasteiger partial charge < -0.3 is 0 Å². The first kappa shape index (κ1) is 11.0. The van der Waals surface area contributed by atoms with E-state index in [2.05, 4.69) is 10.2 Å². The van der Waals surface area contributed by atoms with Crippen LogP contribution in [0.5, 0.6) is 5.75 Å². The molecule has 0 heterocycles. The number of rotatable bonds is 3. The van der Waals surface area contributed by atoms with E-state index in [0.717, 1.165) is 0 Å². The van der Waals surface area contributed by atoms with Gasteiger partial charge in [0.1, 0.15) is 0 Å². The standard InChI is InChI=1S/C13H11NO3/c15-13(14-11-7-3-1-4-8-11)17-16-12-9-5-2-6-10-12/h1-10H,(H,14,15). The van der Waals surface area contributed by atoms with E-state index >= 15 is 0 Å². The highest BCUT2D eigenvalue weighted by Crippen LogP contribution is 2.10. The SMILES string of the molecule is O=C(Nc1ccccc1)OOc1ccccc1. The summed E-state index contributed by atoms with van der Waals surface area (Å²) in [5, 5.41) is 2.53. The summed E-state index contributed by atoms with van der Waals surface area (Å²) in [5.41, 5.74) is 0.647. The van der Waals surface area contributed by atoms with Crippen LogP contribution in [0.1, 0.15) is 0 Å². The minimum Gasteiger partial charge on any atom is -0.288 e. The zero-order valence-electron chi connectivity index (χ0n) is 9.00. The van der Waals surface area contributed by atoms with Gasteiger partial charge in [0.05, 0.1) is 0 Å². The number of para-hydroxylation sites is 2. The van der Waals surface area contributed by atoms with Crippen molar-refractivity contribution in [1.29, 1.82) is 0 Å². The first-order chi connectivity index (χ1) is 8.34. The molecule has 0 atom stereocenters. The average molecular weight is 229 g/mol. The van der Waals surface area contributed by atoms with Crippen LogP contribution in [-0.4, -0.2) is 6.09 Å². The van der Waals surface area contributed by atoms with Crippen LogP contribution in [0.4, 0.5) is 10.5 Å². The molecule has 0 radical (unpaired) electrons. The Bertz CT molecular complexity index is 471. The van der Waals surface area contributed by atoms with Crippen molar-refractivity contribution in [3.8, 4) is 5.75 Å². The lowest BCUT2D eigenvalue weighted by Crippen LogP contribution is -2.15. The van der Waals surface area contributed by atoms with E-state index in [1.165, 1.54) is 0 Å². The van der Waals surface area contributed by atoms with Gasteiger partial charge in [0.15, 0.2) is 5.75 Å². The molecule has 2 aromatic rings. The molecular formula is C13H11NO3. The maximum atomic E-state index is 11.3. The van der Waals surface area contributed by atoms with Crippen LogP contribution in [0.2, 0.25) is 0 Å². The van der Waals surface area contributed by atoms with Crippen LogP contribution < -0.4 is 10.2 Å². The van der Waals surface area contributed by atoms with Gasteiger partial charge in [0.25, 0.3) is 0 Å². The van der Waals surface area contributed by atoms with E-state index < -0.39 is 6.09 Å². The molecule has 0 aliphatic rings. The average Bonchev–Trinajstić information content (AvgIpc) is 2.39. The Labute approximate surface area is 98.7 Å². The minimum atomic E-state index is -0.667. The fourth-order valence-electron chi connectivity index (χ4n) is 1.22. The second kappa shape index (κ2) is 5.55. The topological polar surface area (TPSA) is 47.6 Å². The molecule has 2 rings (SSSR count). The van der Waals surface area contributed by atoms with Crippen molar-refractivity contribution < 1.29 is 14.6 Å². The van der Waals surface area contributed by atoms with Crippen LogP contribution in [-0.2, 0) is 4.89 Å². The van der Waals surface area contributed by atoms with E-state index in [1.807, 2.05) is 24.3 Å². The molecule has 2 aromatic carbocycles. The van der Waals surface area contributed by atoms with Crippen LogP contribution in [0.3, 0.4) is 0 Å². The molecule has 4 nitrogen and oxygen atoms in total. The highest BCUT2D eigenvalue weighted by Gasteiger charge is 2.04. The molecule has 0 saturated heterocycles. The Morgan fingerprint density at radius 2 is 1.47 bits per heavy atom. The van der Waals surface area contributed by atoms with Crippen molar-refractivity contribution in [1.82, 2.24) is 0 Å². The summed E-state index contributed by atoms with van der Waals surface area (Å²) in [5.74, 6) is 0.468. The van der Waals surface area contributed by atoms with Crippen molar-refractivity contribution in [2.75, 3.05) is 5.32 Å². The van der Waals surface area contributed by atoms with Crippen LogP contribution in [0.25, 0.3) is 0 Å². The van der Waals surface area contributed by atoms with E-state index in [9.17, 15) is 4.79 Å². The van der Waals surface area contributed by atoms with Gasteiger partial charge in [0, 0.05) is 5.69 Å². The summed E-state index contributed by atoms with van der Waals surface area (Å²) in [6, 6.07) is 17.8. The number of carbonyl (C=O) groups is 1. The van der Waals surface area contributed by atoms with Gasteiger partial charge in [0.2, 0.25) is 0 Å². The second-order valence-electron chi connectivity index (χ2n) is 3.26. The number of hydrogen-bond acceptors (Lipinski definition) is 3. The number of anilines is 1. The monoisotopic (exact) mass is 229 g/mol. The highest BCUT2D eigenvalue weighted by molar-refractivity contribution is 5.84. The lowest BCUT2D eigenvalue weighted by atomic mass is 10.3. The molecule has 1 amide bonds. The number of nitrogens with one attached hydrogen (secondary N) is 1. The minimum absolute atomic E-state index is 0.468. The summed E-state index contributed by atoms with van der Waals surface area (Å²) >= 11 is 0. The highest BCUT2D eigenvalue weighted by atomic mass is 17.2. The Morgan fingerprint density at radius 1 is 0.882 bits per heavy atom. The third-order valence-corrected chi connectivity index (χ3v) is 1.98. The lowest BCUT2D eigenvalue weighted by Gasteiger charge is -2.05. The quantitative estimate of drug-likeness (QED) is 0.649. The van der Waals surface area contributed by atoms with E-state index in [-0.39, 0.29) is 0 Å². The van der Waals surface area contributed by atoms with Crippen molar-refractivity contribution in [3.63, 3.8) is 0 Å². The lowest BCUT2D eigenvalue weighted by molar-refractivity contribution is -0.136. The Balaban J connectivity index is 1.83. The Morgan fingerprint density at radius 3 is 2.12 bits per heavy atom. The predicted molar refractivity (Wildman–Crippen MR) is 63.6 cm³/mol. The van der Waals surface area contributed by atoms with Crippen molar-refractivity contribution >= 4 is 11.8 Å². The zero-order valence-corrected chi connectivity index (χ0v) is 9.00. The number of benzene rings is 2. The molecule has 17 heavy (non-hydrogen) atoms. The van der Waals surface area contributed by atoms with Gasteiger partial charge >= 0.3 is 6.09 Å². The molecule has 0 fully saturated rings. The fourth-order valence-corrected chi connectivity index (χ4v) is 1.22. The first-order valence-electron chi connectivity index (χ1n) is 5.10. The molecular weight excluding hydrogens is 218 g/mol. The summed E-state index contributed by atoms with van der Waals surface area (Å²) in [7, 11) is 0. The number of carbonyl (C=O) groups excluding carboxylic acids is 1. The maximum absolute atomic E-state index is 11.3. The molecule has 0 aliphatic carbocycles. The summed E-state index contributed by atoms with van der Waals surface area (Å²) < 4.78 is 0. The molecule has 4 heteroatoms. The van der Waals surface area contributed by atoms with Gasteiger partial charge in [-0.1, -0.05) is 36.4 Å². The van der Waals surface area contributed by atoms with Gasteiger partial charge in [-0.15, -0.1) is 0 Å². The maximum Gasteiger partial charge on any atom is 0.454 e. The van der Waals surface area contributed by atoms with Gasteiger partial charge in [-0.3, -0.25) is 10.2 Å². The van der Waals surface area contributed by atoms with Gasteiger partial charge in [-0.05, 0) is 24.3 Å². The second-order valence-corrected chi connectivity index (χ2v) is 3.26. The first-order valence-corrected chi connectivity index (χ1v) is 5.10. The summed E-state index contributed by atoms with van der Waals surface area (Å²) in [6.45, 7) is 0. The van der Waals surface area contributed by atoms with E-state index in [0.29, 0.717) is 11.4 Å². The van der Waals surface area contributed by atoms with E-state index in [4.69, 9.17) is 4.89 Å². The van der Waals surface area contributed by atoms with Crippen molar-refractivity contribution in [2.45, 2.75) is 0 Å². The largest absolute Gasteiger partial charge is 0.454 e. The summed E-state index contributed by atoms with van der Waals surface area (Å²) in [4.78, 5) is 20.7. The molecule has 0 aliphatic heterocycles. The van der Waals surface area contributed by atoms with E-state index in [1.54, 1.807) is 36.4 Å². The smallest absolute Gasteiger partial charge is 0.288 e. The third-order valence-electron chi connectivity index (χ3n) is 1.98. The summed E-state index contributed by atoms with van der Waals surface area (Å²) in [6.07, 6.45) is -0.667.